The molecule has 3 heterocycles. The van der Waals surface area contributed by atoms with Gasteiger partial charge in [0.1, 0.15) is 22.5 Å². The molecule has 1 amide bonds. The maximum Gasteiger partial charge on any atom is 0.452 e. The molecule has 0 spiro atoms. The summed E-state index contributed by atoms with van der Waals surface area (Å²) in [5, 5.41) is 6.19. The molecule has 4 aromatic rings. The maximum atomic E-state index is 13.4. The zero-order valence-electron chi connectivity index (χ0n) is 18.0. The highest BCUT2D eigenvalue weighted by Crippen LogP contribution is 2.35. The van der Waals surface area contributed by atoms with E-state index in [-0.39, 0.29) is 28.9 Å². The van der Waals surface area contributed by atoms with Gasteiger partial charge in [0.2, 0.25) is 0 Å². The summed E-state index contributed by atoms with van der Waals surface area (Å²) >= 11 is 0. The third kappa shape index (κ3) is 4.95. The van der Waals surface area contributed by atoms with Crippen molar-refractivity contribution in [3.05, 3.63) is 65.3 Å². The number of furan rings is 1. The molecule has 1 N–H and O–H groups in total. The molecule has 0 aliphatic carbocycles. The van der Waals surface area contributed by atoms with Crippen molar-refractivity contribution in [2.45, 2.75) is 25.2 Å². The molecule has 0 aliphatic heterocycles. The first-order chi connectivity index (χ1) is 16.9. The molecule has 1 aromatic carbocycles. The van der Waals surface area contributed by atoms with E-state index < -0.39 is 47.2 Å². The maximum absolute atomic E-state index is 13.4. The van der Waals surface area contributed by atoms with Crippen molar-refractivity contribution in [2.75, 3.05) is 7.11 Å². The number of benzene rings is 1. The van der Waals surface area contributed by atoms with Crippen LogP contribution in [0, 0.1) is 0 Å². The normalized spacial score (nSPS) is 13.2. The number of hydrogen-bond acceptors (Lipinski definition) is 7. The predicted octanol–water partition coefficient (Wildman–Crippen LogP) is 4.12. The molecule has 0 fully saturated rings. The summed E-state index contributed by atoms with van der Waals surface area (Å²) in [6.07, 6.45) is -8.81. The number of ether oxygens (including phenoxy) is 2. The molecule has 3 aromatic heterocycles. The van der Waals surface area contributed by atoms with Crippen LogP contribution in [-0.2, 0) is 22.2 Å². The number of nitrogens with one attached hydrogen (secondary N) is 1. The number of aromatic nitrogens is 3. The van der Waals surface area contributed by atoms with Crippen LogP contribution in [-0.4, -0.2) is 46.1 Å². The van der Waals surface area contributed by atoms with Gasteiger partial charge in [-0.05, 0) is 24.3 Å². The Morgan fingerprint density at radius 3 is 2.56 bits per heavy atom. The lowest BCUT2D eigenvalue weighted by Gasteiger charge is -2.19. The van der Waals surface area contributed by atoms with Gasteiger partial charge in [-0.15, -0.1) is 0 Å². The van der Waals surface area contributed by atoms with Crippen LogP contribution in [0.1, 0.15) is 32.0 Å². The van der Waals surface area contributed by atoms with E-state index in [1.807, 2.05) is 0 Å². The van der Waals surface area contributed by atoms with Gasteiger partial charge in [-0.2, -0.15) is 31.4 Å². The Bertz CT molecular complexity index is 1440. The number of rotatable bonds is 6. The van der Waals surface area contributed by atoms with Gasteiger partial charge in [0, 0.05) is 24.9 Å². The summed E-state index contributed by atoms with van der Waals surface area (Å²) in [6, 6.07) is 3.66. The first-order valence-electron chi connectivity index (χ1n) is 9.89. The van der Waals surface area contributed by atoms with Crippen molar-refractivity contribution >= 4 is 28.5 Å². The number of nitrogens with zero attached hydrogens (tertiary/aromatic N) is 3. The second-order valence-corrected chi connectivity index (χ2v) is 7.30. The molecule has 0 radical (unpaired) electrons. The standard InChI is InChI=1S/C21H14F6N4O5/c1-34-19(21(25,26)27)36-18(33)13-7-11(20(22,23)24)5-10-6-12(35-15(10)13)8-29-17(32)14-9-30-31-4-2-3-28-16(14)31/h2-7,9,19H,8H2,1H3,(H,29,32). The average molecular weight is 516 g/mol. The Morgan fingerprint density at radius 2 is 1.89 bits per heavy atom. The van der Waals surface area contributed by atoms with Crippen LogP contribution < -0.4 is 5.32 Å². The highest BCUT2D eigenvalue weighted by molar-refractivity contribution is 6.03. The van der Waals surface area contributed by atoms with Crippen molar-refractivity contribution in [3.63, 3.8) is 0 Å². The van der Waals surface area contributed by atoms with E-state index >= 15 is 0 Å². The Hall–Kier alpha value is -4.14. The second-order valence-electron chi connectivity index (χ2n) is 7.30. The number of amides is 1. The fourth-order valence-electron chi connectivity index (χ4n) is 3.27. The Morgan fingerprint density at radius 1 is 1.14 bits per heavy atom. The monoisotopic (exact) mass is 516 g/mol. The fourth-order valence-corrected chi connectivity index (χ4v) is 3.27. The van der Waals surface area contributed by atoms with Crippen LogP contribution in [0.3, 0.4) is 0 Å². The van der Waals surface area contributed by atoms with E-state index in [0.717, 1.165) is 6.07 Å². The SMILES string of the molecule is COC(OC(=O)c1cc(C(F)(F)F)cc2cc(CNC(=O)c3cnn4cccnc34)oc12)C(F)(F)F. The number of carbonyl (C=O) groups is 2. The van der Waals surface area contributed by atoms with Gasteiger partial charge in [0.25, 0.3) is 12.2 Å². The van der Waals surface area contributed by atoms with Crippen molar-refractivity contribution in [1.29, 1.82) is 0 Å². The summed E-state index contributed by atoms with van der Waals surface area (Å²) in [4.78, 5) is 29.0. The lowest BCUT2D eigenvalue weighted by atomic mass is 10.1. The lowest BCUT2D eigenvalue weighted by molar-refractivity contribution is -0.283. The number of carbonyl (C=O) groups excluding carboxylic acids is 2. The van der Waals surface area contributed by atoms with Gasteiger partial charge in [-0.3, -0.25) is 4.79 Å². The van der Waals surface area contributed by atoms with Crippen molar-refractivity contribution in [3.8, 4) is 0 Å². The minimum Gasteiger partial charge on any atom is -0.458 e. The van der Waals surface area contributed by atoms with Crippen LogP contribution in [0.5, 0.6) is 0 Å². The van der Waals surface area contributed by atoms with E-state index in [9.17, 15) is 35.9 Å². The Labute approximate surface area is 196 Å². The first-order valence-corrected chi connectivity index (χ1v) is 9.89. The van der Waals surface area contributed by atoms with Gasteiger partial charge in [0.15, 0.2) is 5.65 Å². The predicted molar refractivity (Wildman–Crippen MR) is 108 cm³/mol. The second kappa shape index (κ2) is 9.14. The van der Waals surface area contributed by atoms with Gasteiger partial charge < -0.3 is 19.2 Å². The van der Waals surface area contributed by atoms with E-state index in [4.69, 9.17) is 4.42 Å². The number of methoxy groups -OCH3 is 1. The van der Waals surface area contributed by atoms with Crippen molar-refractivity contribution < 1.29 is 49.8 Å². The van der Waals surface area contributed by atoms with Crippen molar-refractivity contribution in [2.24, 2.45) is 0 Å². The molecule has 4 rings (SSSR count). The molecule has 0 aliphatic rings. The van der Waals surface area contributed by atoms with Crippen LogP contribution in [0.25, 0.3) is 16.6 Å². The van der Waals surface area contributed by atoms with E-state index in [0.29, 0.717) is 19.2 Å². The van der Waals surface area contributed by atoms with Gasteiger partial charge >= 0.3 is 18.3 Å². The van der Waals surface area contributed by atoms with Crippen molar-refractivity contribution in [1.82, 2.24) is 19.9 Å². The molecular weight excluding hydrogens is 502 g/mol. The fraction of sp³-hybridized carbons (Fsp3) is 0.238. The summed E-state index contributed by atoms with van der Waals surface area (Å²) in [7, 11) is 0.611. The highest BCUT2D eigenvalue weighted by Gasteiger charge is 2.44. The molecule has 0 bridgehead atoms. The molecule has 190 valence electrons. The topological polar surface area (TPSA) is 108 Å². The zero-order valence-corrected chi connectivity index (χ0v) is 18.0. The summed E-state index contributed by atoms with van der Waals surface area (Å²) in [6.45, 7) is -0.337. The molecule has 0 saturated heterocycles. The molecule has 1 unspecified atom stereocenters. The van der Waals surface area contributed by atoms with Gasteiger partial charge in [-0.25, -0.2) is 14.3 Å². The third-order valence-corrected chi connectivity index (χ3v) is 4.86. The third-order valence-electron chi connectivity index (χ3n) is 4.86. The number of fused-ring (bicyclic) bond motifs is 2. The van der Waals surface area contributed by atoms with Crippen LogP contribution in [0.15, 0.2) is 47.3 Å². The molecule has 9 nitrogen and oxygen atoms in total. The van der Waals surface area contributed by atoms with E-state index in [1.165, 1.54) is 16.9 Å². The summed E-state index contributed by atoms with van der Waals surface area (Å²) in [5.41, 5.74) is -2.34. The number of hydrogen-bond donors (Lipinski definition) is 1. The lowest BCUT2D eigenvalue weighted by Crippen LogP contribution is -2.35. The van der Waals surface area contributed by atoms with Crippen LogP contribution in [0.4, 0.5) is 26.3 Å². The minimum absolute atomic E-state index is 0.0877. The van der Waals surface area contributed by atoms with E-state index in [1.54, 1.807) is 12.3 Å². The van der Waals surface area contributed by atoms with Gasteiger partial charge in [-0.1, -0.05) is 0 Å². The van der Waals surface area contributed by atoms with Crippen LogP contribution in [0.2, 0.25) is 0 Å². The van der Waals surface area contributed by atoms with Gasteiger partial charge in [0.05, 0.1) is 18.3 Å². The molecule has 0 saturated carbocycles. The number of esters is 1. The molecule has 15 heteroatoms. The quantitative estimate of drug-likeness (QED) is 0.233. The van der Waals surface area contributed by atoms with E-state index in [2.05, 4.69) is 24.9 Å². The molecule has 36 heavy (non-hydrogen) atoms. The molecular formula is C21H14F6N4O5. The first kappa shape index (κ1) is 25.0. The smallest absolute Gasteiger partial charge is 0.452 e. The number of halogens is 6. The average Bonchev–Trinajstić information content (AvgIpc) is 3.42. The summed E-state index contributed by atoms with van der Waals surface area (Å²) < 4.78 is 93.9. The number of alkyl halides is 6. The Balaban J connectivity index is 1.64. The Kier molecular flexibility index (Phi) is 6.34. The largest absolute Gasteiger partial charge is 0.458 e. The van der Waals surface area contributed by atoms with Crippen LogP contribution >= 0.6 is 0 Å². The molecule has 1 atom stereocenters. The minimum atomic E-state index is -5.13. The summed E-state index contributed by atoms with van der Waals surface area (Å²) in [5.74, 6) is -2.47. The zero-order chi connectivity index (χ0) is 26.3. The highest BCUT2D eigenvalue weighted by atomic mass is 19.4.